The Bertz CT molecular complexity index is 868. The van der Waals surface area contributed by atoms with Crippen molar-refractivity contribution in [3.8, 4) is 5.75 Å². The van der Waals surface area contributed by atoms with Crippen molar-refractivity contribution in [1.82, 2.24) is 0 Å². The number of hydrogen-bond acceptors (Lipinski definition) is 4. The Morgan fingerprint density at radius 3 is 2.68 bits per heavy atom. The second-order valence-corrected chi connectivity index (χ2v) is 7.22. The number of benzene rings is 2. The molecule has 1 heterocycles. The highest BCUT2D eigenvalue weighted by Gasteiger charge is 2.33. The standard InChI is InChI=1S/C18H13ClFNO2S2/c1-2-23-15-8-3-12(19)9-11(15)10-16-17(22)21(18(24)25-16)14-6-4-13(20)5-7-14/h3-10H,2H2,1H3/b16-10+. The molecule has 1 amide bonds. The Morgan fingerprint density at radius 2 is 2.00 bits per heavy atom. The Kier molecular flexibility index (Phi) is 5.42. The third-order valence-electron chi connectivity index (χ3n) is 3.44. The molecule has 1 fully saturated rings. The van der Waals surface area contributed by atoms with Gasteiger partial charge in [-0.3, -0.25) is 9.69 Å². The van der Waals surface area contributed by atoms with Crippen LogP contribution in [0, 0.1) is 5.82 Å². The average molecular weight is 394 g/mol. The van der Waals surface area contributed by atoms with Crippen molar-refractivity contribution in [3.63, 3.8) is 0 Å². The quantitative estimate of drug-likeness (QED) is 0.522. The highest BCUT2D eigenvalue weighted by Crippen LogP contribution is 2.37. The van der Waals surface area contributed by atoms with E-state index in [2.05, 4.69) is 0 Å². The molecule has 0 bridgehead atoms. The number of anilines is 1. The molecule has 128 valence electrons. The van der Waals surface area contributed by atoms with Crippen molar-refractivity contribution < 1.29 is 13.9 Å². The van der Waals surface area contributed by atoms with Crippen molar-refractivity contribution in [2.75, 3.05) is 11.5 Å². The molecule has 2 aromatic carbocycles. The highest BCUT2D eigenvalue weighted by atomic mass is 35.5. The molecule has 3 rings (SSSR count). The lowest BCUT2D eigenvalue weighted by molar-refractivity contribution is -0.113. The molecule has 0 radical (unpaired) electrons. The number of halogens is 2. The Labute approximate surface area is 159 Å². The molecule has 3 nitrogen and oxygen atoms in total. The van der Waals surface area contributed by atoms with Gasteiger partial charge >= 0.3 is 0 Å². The van der Waals surface area contributed by atoms with Crippen LogP contribution in [0.5, 0.6) is 5.75 Å². The van der Waals surface area contributed by atoms with Crippen LogP contribution < -0.4 is 9.64 Å². The van der Waals surface area contributed by atoms with Crippen LogP contribution in [0.15, 0.2) is 47.4 Å². The summed E-state index contributed by atoms with van der Waals surface area (Å²) in [7, 11) is 0. The van der Waals surface area contributed by atoms with Crippen LogP contribution in [0.25, 0.3) is 6.08 Å². The molecule has 1 aliphatic rings. The zero-order chi connectivity index (χ0) is 18.0. The maximum absolute atomic E-state index is 13.1. The Balaban J connectivity index is 1.96. The minimum Gasteiger partial charge on any atom is -0.493 e. The predicted molar refractivity (Wildman–Crippen MR) is 105 cm³/mol. The monoisotopic (exact) mass is 393 g/mol. The summed E-state index contributed by atoms with van der Waals surface area (Å²) in [4.78, 5) is 14.6. The van der Waals surface area contributed by atoms with Gasteiger partial charge in [-0.15, -0.1) is 0 Å². The van der Waals surface area contributed by atoms with Gasteiger partial charge in [0.15, 0.2) is 4.32 Å². The van der Waals surface area contributed by atoms with E-state index in [4.69, 9.17) is 28.6 Å². The third-order valence-corrected chi connectivity index (χ3v) is 4.97. The van der Waals surface area contributed by atoms with E-state index in [9.17, 15) is 9.18 Å². The number of thiocarbonyl (C=S) groups is 1. The first-order valence-corrected chi connectivity index (χ1v) is 9.05. The molecule has 0 spiro atoms. The summed E-state index contributed by atoms with van der Waals surface area (Å²) in [5.41, 5.74) is 1.23. The molecule has 0 atom stereocenters. The molecule has 1 aliphatic heterocycles. The number of thioether (sulfide) groups is 1. The van der Waals surface area contributed by atoms with Gasteiger partial charge in [0.1, 0.15) is 11.6 Å². The molecule has 2 aromatic rings. The molecule has 1 saturated heterocycles. The second kappa shape index (κ2) is 7.56. The zero-order valence-corrected chi connectivity index (χ0v) is 15.6. The minimum atomic E-state index is -0.370. The maximum atomic E-state index is 13.1. The predicted octanol–water partition coefficient (Wildman–Crippen LogP) is 5.28. The van der Waals surface area contributed by atoms with Crippen molar-refractivity contribution in [2.45, 2.75) is 6.92 Å². The van der Waals surface area contributed by atoms with Crippen LogP contribution in [-0.4, -0.2) is 16.8 Å². The van der Waals surface area contributed by atoms with Crippen LogP contribution in [0.1, 0.15) is 12.5 Å². The summed E-state index contributed by atoms with van der Waals surface area (Å²) in [6.07, 6.45) is 1.71. The van der Waals surface area contributed by atoms with E-state index < -0.39 is 0 Å². The number of ether oxygens (including phenoxy) is 1. The second-order valence-electron chi connectivity index (χ2n) is 5.11. The van der Waals surface area contributed by atoms with Gasteiger partial charge in [0.05, 0.1) is 17.2 Å². The third kappa shape index (κ3) is 3.86. The Morgan fingerprint density at radius 1 is 1.28 bits per heavy atom. The average Bonchev–Trinajstić information content (AvgIpc) is 2.85. The number of hydrogen-bond donors (Lipinski definition) is 0. The summed E-state index contributed by atoms with van der Waals surface area (Å²) in [5, 5.41) is 0.545. The molecule has 25 heavy (non-hydrogen) atoms. The number of amides is 1. The number of nitrogens with zero attached hydrogens (tertiary/aromatic N) is 1. The summed E-state index contributed by atoms with van der Waals surface area (Å²) in [6, 6.07) is 10.9. The fourth-order valence-electron chi connectivity index (χ4n) is 2.34. The normalized spacial score (nSPS) is 16.0. The van der Waals surface area contributed by atoms with E-state index in [0.29, 0.717) is 37.9 Å². The van der Waals surface area contributed by atoms with Gasteiger partial charge in [0.25, 0.3) is 5.91 Å². The smallest absolute Gasteiger partial charge is 0.270 e. The van der Waals surface area contributed by atoms with Gasteiger partial charge in [0, 0.05) is 10.6 Å². The maximum Gasteiger partial charge on any atom is 0.270 e. The summed E-state index contributed by atoms with van der Waals surface area (Å²) in [6.45, 7) is 2.38. The van der Waals surface area contributed by atoms with Crippen LogP contribution in [0.4, 0.5) is 10.1 Å². The summed E-state index contributed by atoms with van der Waals surface area (Å²) < 4.78 is 19.1. The lowest BCUT2D eigenvalue weighted by atomic mass is 10.1. The zero-order valence-electron chi connectivity index (χ0n) is 13.2. The molecule has 7 heteroatoms. The topological polar surface area (TPSA) is 29.5 Å². The number of carbonyl (C=O) groups excluding carboxylic acids is 1. The van der Waals surface area contributed by atoms with Gasteiger partial charge in [-0.1, -0.05) is 35.6 Å². The number of rotatable bonds is 4. The van der Waals surface area contributed by atoms with Crippen molar-refractivity contribution in [2.24, 2.45) is 0 Å². The minimum absolute atomic E-state index is 0.260. The largest absolute Gasteiger partial charge is 0.493 e. The van der Waals surface area contributed by atoms with Gasteiger partial charge in [-0.05, 0) is 55.5 Å². The van der Waals surface area contributed by atoms with E-state index >= 15 is 0 Å². The number of carbonyl (C=O) groups is 1. The Hall–Kier alpha value is -1.89. The highest BCUT2D eigenvalue weighted by molar-refractivity contribution is 8.27. The van der Waals surface area contributed by atoms with E-state index in [-0.39, 0.29) is 11.7 Å². The molecule has 0 saturated carbocycles. The van der Waals surface area contributed by atoms with Gasteiger partial charge in [-0.2, -0.15) is 0 Å². The lowest BCUT2D eigenvalue weighted by Crippen LogP contribution is -2.27. The fraction of sp³-hybridized carbons (Fsp3) is 0.111. The van der Waals surface area contributed by atoms with Crippen LogP contribution in [0.3, 0.4) is 0 Å². The lowest BCUT2D eigenvalue weighted by Gasteiger charge is -2.14. The van der Waals surface area contributed by atoms with Crippen molar-refractivity contribution >= 4 is 57.6 Å². The first kappa shape index (κ1) is 17.9. The van der Waals surface area contributed by atoms with E-state index in [1.54, 1.807) is 24.3 Å². The van der Waals surface area contributed by atoms with Gasteiger partial charge in [0.2, 0.25) is 0 Å². The molecule has 0 N–H and O–H groups in total. The van der Waals surface area contributed by atoms with Crippen molar-refractivity contribution in [1.29, 1.82) is 0 Å². The van der Waals surface area contributed by atoms with E-state index in [0.717, 1.165) is 0 Å². The van der Waals surface area contributed by atoms with Crippen LogP contribution in [0.2, 0.25) is 5.02 Å². The molecule has 0 aromatic heterocycles. The van der Waals surface area contributed by atoms with Crippen LogP contribution in [-0.2, 0) is 4.79 Å². The van der Waals surface area contributed by atoms with Gasteiger partial charge < -0.3 is 4.74 Å². The molecule has 0 aliphatic carbocycles. The van der Waals surface area contributed by atoms with E-state index in [1.807, 2.05) is 6.92 Å². The van der Waals surface area contributed by atoms with Crippen molar-refractivity contribution in [3.05, 3.63) is 63.8 Å². The van der Waals surface area contributed by atoms with E-state index in [1.165, 1.54) is 40.9 Å². The summed E-state index contributed by atoms with van der Waals surface area (Å²) >= 11 is 12.6. The first-order valence-electron chi connectivity index (χ1n) is 7.45. The summed E-state index contributed by atoms with van der Waals surface area (Å²) in [5.74, 6) is 0.00741. The van der Waals surface area contributed by atoms with Crippen LogP contribution >= 0.6 is 35.6 Å². The fourth-order valence-corrected chi connectivity index (χ4v) is 3.81. The molecule has 0 unspecified atom stereocenters. The molecular formula is C18H13ClFNO2S2. The van der Waals surface area contributed by atoms with Gasteiger partial charge in [-0.25, -0.2) is 4.39 Å². The molecular weight excluding hydrogens is 381 g/mol. The SMILES string of the molecule is CCOc1ccc(Cl)cc1/C=C1/SC(=S)N(c2ccc(F)cc2)C1=O. The first-order chi connectivity index (χ1) is 12.0.